The van der Waals surface area contributed by atoms with Crippen LogP contribution in [0.2, 0.25) is 0 Å². The van der Waals surface area contributed by atoms with Crippen LogP contribution >= 0.6 is 0 Å². The maximum Gasteiger partial charge on any atom is 0.161 e. The summed E-state index contributed by atoms with van der Waals surface area (Å²) >= 11 is 0. The number of aryl methyl sites for hydroxylation is 1. The fourth-order valence-corrected chi connectivity index (χ4v) is 2.48. The number of fused-ring (bicyclic) bond motifs is 1. The quantitative estimate of drug-likeness (QED) is 0.818. The number of hydrogen-bond acceptors (Lipinski definition) is 2. The zero-order chi connectivity index (χ0) is 13.8. The van der Waals surface area contributed by atoms with Crippen LogP contribution in [0.1, 0.15) is 23.6 Å². The highest BCUT2D eigenvalue weighted by molar-refractivity contribution is 5.43. The van der Waals surface area contributed by atoms with Crippen molar-refractivity contribution in [2.45, 2.75) is 18.9 Å². The Morgan fingerprint density at radius 3 is 2.43 bits per heavy atom. The minimum Gasteiger partial charge on any atom is -1.00 e. The van der Waals surface area contributed by atoms with Crippen molar-refractivity contribution in [2.75, 3.05) is 13.2 Å². The third-order valence-electron chi connectivity index (χ3n) is 3.66. The topological polar surface area (TPSA) is 46.1 Å². The lowest BCUT2D eigenvalue weighted by Crippen LogP contribution is -3.00. The lowest BCUT2D eigenvalue weighted by molar-refractivity contribution is -0.427. The molecule has 0 radical (unpaired) electrons. The first-order valence-corrected chi connectivity index (χ1v) is 7.09. The van der Waals surface area contributed by atoms with E-state index >= 15 is 0 Å². The van der Waals surface area contributed by atoms with Gasteiger partial charge in [-0.15, -0.1) is 0 Å². The Morgan fingerprint density at radius 1 is 0.952 bits per heavy atom. The first kappa shape index (κ1) is 15.7. The van der Waals surface area contributed by atoms with Crippen molar-refractivity contribution < 1.29 is 27.6 Å². The van der Waals surface area contributed by atoms with Crippen molar-refractivity contribution >= 4 is 0 Å². The smallest absolute Gasteiger partial charge is 0.161 e. The van der Waals surface area contributed by atoms with Crippen molar-refractivity contribution in [1.82, 2.24) is 0 Å². The van der Waals surface area contributed by atoms with Crippen LogP contribution in [0, 0.1) is 0 Å². The lowest BCUT2D eigenvalue weighted by atomic mass is 9.99. The molecule has 1 unspecified atom stereocenters. The van der Waals surface area contributed by atoms with Gasteiger partial charge in [0.25, 0.3) is 0 Å². The fraction of sp³-hybridized carbons (Fsp3) is 0.294. The van der Waals surface area contributed by atoms with E-state index in [0.29, 0.717) is 19.3 Å². The van der Waals surface area contributed by atoms with Crippen LogP contribution in [0.25, 0.3) is 0 Å². The molecule has 21 heavy (non-hydrogen) atoms. The molecule has 0 aromatic heterocycles. The molecule has 0 aliphatic carbocycles. The molecule has 3 rings (SSSR count). The average molecular weight is 306 g/mol. The Labute approximate surface area is 131 Å². The van der Waals surface area contributed by atoms with Crippen molar-refractivity contribution in [1.29, 1.82) is 0 Å². The average Bonchev–Trinajstić information content (AvgIpc) is 2.53. The van der Waals surface area contributed by atoms with E-state index < -0.39 is 0 Å². The van der Waals surface area contributed by atoms with Crippen LogP contribution in [0.5, 0.6) is 11.5 Å². The predicted octanol–water partition coefficient (Wildman–Crippen LogP) is -0.622. The molecule has 2 aromatic rings. The Kier molecular flexibility index (Phi) is 5.48. The number of rotatable bonds is 4. The number of ether oxygens (including phenoxy) is 2. The summed E-state index contributed by atoms with van der Waals surface area (Å²) in [7, 11) is 0. The highest BCUT2D eigenvalue weighted by Gasteiger charge is 2.13. The van der Waals surface area contributed by atoms with Crippen molar-refractivity contribution in [3.05, 3.63) is 59.7 Å². The molecule has 4 heteroatoms. The minimum absolute atomic E-state index is 0. The van der Waals surface area contributed by atoms with Gasteiger partial charge in [0.15, 0.2) is 11.5 Å². The molecule has 0 saturated heterocycles. The Hall–Kier alpha value is -1.71. The van der Waals surface area contributed by atoms with Gasteiger partial charge in [-0.1, -0.05) is 36.4 Å². The SMILES string of the molecule is [Cl-].[NH3+]C(CCc1ccc2c(c1)OCCO2)c1ccccc1. The lowest BCUT2D eigenvalue weighted by Gasteiger charge is -2.19. The van der Waals surface area contributed by atoms with Crippen LogP contribution in [-0.2, 0) is 6.42 Å². The second kappa shape index (κ2) is 7.34. The summed E-state index contributed by atoms with van der Waals surface area (Å²) in [6.45, 7) is 1.28. The number of quaternary nitrogens is 1. The first-order valence-electron chi connectivity index (χ1n) is 7.09. The number of halogens is 1. The van der Waals surface area contributed by atoms with E-state index in [2.05, 4.69) is 42.1 Å². The number of hydrogen-bond donors (Lipinski definition) is 1. The normalized spacial score (nSPS) is 14.1. The van der Waals surface area contributed by atoms with Crippen molar-refractivity contribution in [2.24, 2.45) is 0 Å². The molecule has 0 fully saturated rings. The van der Waals surface area contributed by atoms with Gasteiger partial charge in [-0.3, -0.25) is 0 Å². The molecule has 112 valence electrons. The van der Waals surface area contributed by atoms with Gasteiger partial charge in [0.2, 0.25) is 0 Å². The summed E-state index contributed by atoms with van der Waals surface area (Å²) < 4.78 is 11.2. The van der Waals surface area contributed by atoms with Crippen molar-refractivity contribution in [3.63, 3.8) is 0 Å². The van der Waals surface area contributed by atoms with Gasteiger partial charge in [0.1, 0.15) is 19.3 Å². The third-order valence-corrected chi connectivity index (χ3v) is 3.66. The second-order valence-corrected chi connectivity index (χ2v) is 5.12. The molecular weight excluding hydrogens is 286 g/mol. The Bertz CT molecular complexity index is 574. The maximum atomic E-state index is 5.61. The zero-order valence-corrected chi connectivity index (χ0v) is 12.7. The fourth-order valence-electron chi connectivity index (χ4n) is 2.48. The molecule has 0 amide bonds. The van der Waals surface area contributed by atoms with E-state index in [4.69, 9.17) is 9.47 Å². The predicted molar refractivity (Wildman–Crippen MR) is 77.8 cm³/mol. The molecule has 2 aromatic carbocycles. The van der Waals surface area contributed by atoms with E-state index in [9.17, 15) is 0 Å². The van der Waals surface area contributed by atoms with Crippen LogP contribution in [0.15, 0.2) is 48.5 Å². The van der Waals surface area contributed by atoms with Gasteiger partial charge in [-0.25, -0.2) is 0 Å². The molecule has 0 saturated carbocycles. The molecule has 1 atom stereocenters. The molecule has 1 aliphatic rings. The highest BCUT2D eigenvalue weighted by atomic mass is 35.5. The van der Waals surface area contributed by atoms with Gasteiger partial charge in [0.05, 0.1) is 0 Å². The molecule has 3 nitrogen and oxygen atoms in total. The number of benzene rings is 2. The summed E-state index contributed by atoms with van der Waals surface area (Å²) in [5, 5.41) is 0. The highest BCUT2D eigenvalue weighted by Crippen LogP contribution is 2.31. The molecule has 1 heterocycles. The van der Waals surface area contributed by atoms with Crippen LogP contribution in [-0.4, -0.2) is 13.2 Å². The molecule has 1 aliphatic heterocycles. The molecular formula is C17H20ClNO2. The van der Waals surface area contributed by atoms with Crippen LogP contribution in [0.3, 0.4) is 0 Å². The van der Waals surface area contributed by atoms with Gasteiger partial charge in [0, 0.05) is 12.0 Å². The first-order chi connectivity index (χ1) is 9.83. The summed E-state index contributed by atoms with van der Waals surface area (Å²) in [4.78, 5) is 0. The second-order valence-electron chi connectivity index (χ2n) is 5.12. The van der Waals surface area contributed by atoms with Gasteiger partial charge in [-0.05, 0) is 24.1 Å². The molecule has 3 N–H and O–H groups in total. The van der Waals surface area contributed by atoms with E-state index in [1.165, 1.54) is 11.1 Å². The van der Waals surface area contributed by atoms with Gasteiger partial charge >= 0.3 is 0 Å². The molecule has 0 bridgehead atoms. The zero-order valence-electron chi connectivity index (χ0n) is 11.9. The third kappa shape index (κ3) is 3.90. The van der Waals surface area contributed by atoms with E-state index in [-0.39, 0.29) is 12.4 Å². The summed E-state index contributed by atoms with van der Waals surface area (Å²) in [6.07, 6.45) is 2.03. The summed E-state index contributed by atoms with van der Waals surface area (Å²) in [5.41, 5.74) is 6.83. The van der Waals surface area contributed by atoms with E-state index in [1.54, 1.807) is 0 Å². The minimum atomic E-state index is 0. The van der Waals surface area contributed by atoms with E-state index in [0.717, 1.165) is 24.3 Å². The largest absolute Gasteiger partial charge is 1.00 e. The standard InChI is InChI=1S/C17H19NO2.ClH/c18-15(14-4-2-1-3-5-14)8-6-13-7-9-16-17(12-13)20-11-10-19-16;/h1-5,7,9,12,15H,6,8,10-11,18H2;1H. The monoisotopic (exact) mass is 305 g/mol. The van der Waals surface area contributed by atoms with Crippen LogP contribution < -0.4 is 27.6 Å². The van der Waals surface area contributed by atoms with Crippen LogP contribution in [0.4, 0.5) is 0 Å². The summed E-state index contributed by atoms with van der Waals surface area (Å²) in [5.74, 6) is 1.73. The summed E-state index contributed by atoms with van der Waals surface area (Å²) in [6, 6.07) is 17.0. The van der Waals surface area contributed by atoms with E-state index in [1.807, 2.05) is 12.1 Å². The van der Waals surface area contributed by atoms with Crippen molar-refractivity contribution in [3.8, 4) is 11.5 Å². The Morgan fingerprint density at radius 2 is 1.67 bits per heavy atom. The van der Waals surface area contributed by atoms with Gasteiger partial charge < -0.3 is 27.6 Å². The molecule has 0 spiro atoms. The maximum absolute atomic E-state index is 5.61. The van der Waals surface area contributed by atoms with Gasteiger partial charge in [-0.2, -0.15) is 0 Å². The Balaban J connectivity index is 0.00000161.